The average Bonchev–Trinajstić information content (AvgIpc) is 3.21. The van der Waals surface area contributed by atoms with Crippen LogP contribution in [0.1, 0.15) is 84.4 Å². The van der Waals surface area contributed by atoms with Crippen LogP contribution in [0.3, 0.4) is 0 Å². The highest BCUT2D eigenvalue weighted by Crippen LogP contribution is 2.68. The van der Waals surface area contributed by atoms with Crippen LogP contribution in [-0.4, -0.2) is 27.4 Å². The summed E-state index contributed by atoms with van der Waals surface area (Å²) in [4.78, 5) is 16.8. The molecule has 10 atom stereocenters. The van der Waals surface area contributed by atoms with Gasteiger partial charge < -0.3 is 14.6 Å². The summed E-state index contributed by atoms with van der Waals surface area (Å²) in [6.07, 6.45) is 9.39. The predicted octanol–water partition coefficient (Wildman–Crippen LogP) is 5.89. The molecule has 4 fully saturated rings. The van der Waals surface area contributed by atoms with Gasteiger partial charge in [-0.2, -0.15) is 0 Å². The normalized spacial score (nSPS) is 42.2. The Labute approximate surface area is 218 Å². The molecule has 0 aliphatic heterocycles. The monoisotopic (exact) mass is 511 g/mol. The van der Waals surface area contributed by atoms with E-state index in [4.69, 9.17) is 4.42 Å². The van der Waals surface area contributed by atoms with Crippen molar-refractivity contribution in [1.82, 2.24) is 4.98 Å². The van der Waals surface area contributed by atoms with Gasteiger partial charge in [0, 0.05) is 6.42 Å². The summed E-state index contributed by atoms with van der Waals surface area (Å²) in [5.74, 6) is 2.70. The molecule has 5 nitrogen and oxygen atoms in total. The second kappa shape index (κ2) is 9.15. The van der Waals surface area contributed by atoms with E-state index in [-0.39, 0.29) is 28.4 Å². The minimum Gasteiger partial charge on any atom is -0.408 e. The van der Waals surface area contributed by atoms with Crippen molar-refractivity contribution in [2.45, 2.75) is 97.2 Å². The van der Waals surface area contributed by atoms with Crippen molar-refractivity contribution in [2.75, 3.05) is 0 Å². The first-order chi connectivity index (χ1) is 17.6. The third-order valence-corrected chi connectivity index (χ3v) is 11.9. The summed E-state index contributed by atoms with van der Waals surface area (Å²) in [7, 11) is 0. The van der Waals surface area contributed by atoms with Crippen LogP contribution in [0.25, 0.3) is 10.9 Å². The lowest BCUT2D eigenvalue weighted by atomic mass is 9.43. The molecule has 6 heteroatoms. The molecule has 2 aromatic rings. The minimum absolute atomic E-state index is 0.0725. The van der Waals surface area contributed by atoms with E-state index in [1.165, 1.54) is 31.7 Å². The van der Waals surface area contributed by atoms with Gasteiger partial charge >= 0.3 is 5.63 Å². The Morgan fingerprint density at radius 3 is 2.65 bits per heavy atom. The number of fused-ring (bicyclic) bond motifs is 6. The number of aryl methyl sites for hydroxylation is 1. The van der Waals surface area contributed by atoms with E-state index in [2.05, 4.69) is 25.8 Å². The molecule has 0 saturated heterocycles. The number of aromatic nitrogens is 1. The number of nitrogens with zero attached hydrogens (tertiary/aromatic N) is 1. The van der Waals surface area contributed by atoms with Gasteiger partial charge in [-0.05, 0) is 116 Å². The van der Waals surface area contributed by atoms with Crippen LogP contribution in [0, 0.1) is 52.2 Å². The van der Waals surface area contributed by atoms with Gasteiger partial charge in [-0.1, -0.05) is 26.8 Å². The SMILES string of the molecule is C[C@H](CCc1nc2cccc(F)c2c(=O)o1)[C@H]1CC[C@H]2[C@H]3C(CC[C@]12C)[C@@]1(C)CC[C@@H](O)C[C@H]1C[C@@H]3O. The quantitative estimate of drug-likeness (QED) is 0.535. The zero-order valence-electron chi connectivity index (χ0n) is 22.5. The van der Waals surface area contributed by atoms with Crippen molar-refractivity contribution in [1.29, 1.82) is 0 Å². The van der Waals surface area contributed by atoms with Gasteiger partial charge in [0.1, 0.15) is 11.2 Å². The number of hydrogen-bond acceptors (Lipinski definition) is 5. The van der Waals surface area contributed by atoms with E-state index in [9.17, 15) is 19.4 Å². The lowest BCUT2D eigenvalue weighted by Gasteiger charge is -2.62. The zero-order chi connectivity index (χ0) is 26.1. The molecule has 202 valence electrons. The van der Waals surface area contributed by atoms with E-state index in [0.29, 0.717) is 53.3 Å². The van der Waals surface area contributed by atoms with E-state index >= 15 is 0 Å². The fourth-order valence-corrected chi connectivity index (χ4v) is 9.96. The maximum Gasteiger partial charge on any atom is 0.349 e. The molecule has 4 aliphatic carbocycles. The Balaban J connectivity index is 1.18. The highest BCUT2D eigenvalue weighted by molar-refractivity contribution is 5.77. The van der Waals surface area contributed by atoms with Gasteiger partial charge in [0.15, 0.2) is 5.89 Å². The zero-order valence-corrected chi connectivity index (χ0v) is 22.5. The lowest BCUT2D eigenvalue weighted by Crippen LogP contribution is -2.58. The maximum atomic E-state index is 14.0. The molecule has 1 heterocycles. The first-order valence-corrected chi connectivity index (χ1v) is 14.6. The standard InChI is InChI=1S/C31H42FNO4/c1-17(7-10-26-33-24-6-4-5-23(32)28(24)29(36)37-26)20-8-9-21-27-22(12-14-31(20,21)3)30(2)13-11-19(34)15-18(30)16-25(27)35/h4-6,17-22,25,27,34-35H,7-16H2,1-3H3/t17-,18+,19-,20-,21+,22?,25+,27+,30+,31-/m1/s1. The molecule has 6 rings (SSSR count). The van der Waals surface area contributed by atoms with Gasteiger partial charge in [-0.15, -0.1) is 0 Å². The number of aliphatic hydroxyl groups is 2. The molecule has 37 heavy (non-hydrogen) atoms. The first-order valence-electron chi connectivity index (χ1n) is 14.6. The summed E-state index contributed by atoms with van der Waals surface area (Å²) in [6, 6.07) is 4.50. The van der Waals surface area contributed by atoms with Gasteiger partial charge in [-0.3, -0.25) is 0 Å². The molecule has 0 bridgehead atoms. The predicted molar refractivity (Wildman–Crippen MR) is 140 cm³/mol. The van der Waals surface area contributed by atoms with E-state index in [0.717, 1.165) is 32.1 Å². The third kappa shape index (κ3) is 4.00. The van der Waals surface area contributed by atoms with Crippen LogP contribution in [0.5, 0.6) is 0 Å². The summed E-state index contributed by atoms with van der Waals surface area (Å²) < 4.78 is 19.5. The van der Waals surface area contributed by atoms with Crippen molar-refractivity contribution < 1.29 is 19.0 Å². The topological polar surface area (TPSA) is 83.6 Å². The first kappa shape index (κ1) is 25.5. The van der Waals surface area contributed by atoms with Crippen molar-refractivity contribution in [3.05, 3.63) is 40.3 Å². The molecular formula is C31H42FNO4. The molecule has 0 radical (unpaired) electrons. The van der Waals surface area contributed by atoms with Gasteiger partial charge in [-0.25, -0.2) is 14.2 Å². The molecular weight excluding hydrogens is 469 g/mol. The highest BCUT2D eigenvalue weighted by Gasteiger charge is 2.62. The number of hydrogen-bond donors (Lipinski definition) is 2. The van der Waals surface area contributed by atoms with Crippen molar-refractivity contribution in [3.63, 3.8) is 0 Å². The van der Waals surface area contributed by atoms with Crippen molar-refractivity contribution in [2.24, 2.45) is 46.3 Å². The molecule has 4 aliphatic rings. The third-order valence-electron chi connectivity index (χ3n) is 11.9. The second-order valence-electron chi connectivity index (χ2n) is 13.5. The van der Waals surface area contributed by atoms with Crippen LogP contribution >= 0.6 is 0 Å². The summed E-state index contributed by atoms with van der Waals surface area (Å²) in [6.45, 7) is 7.26. The van der Waals surface area contributed by atoms with E-state index in [1.54, 1.807) is 12.1 Å². The fraction of sp³-hybridized carbons (Fsp3) is 0.742. The molecule has 1 aromatic heterocycles. The number of aliphatic hydroxyl groups excluding tert-OH is 2. The summed E-state index contributed by atoms with van der Waals surface area (Å²) >= 11 is 0. The number of halogens is 1. The second-order valence-corrected chi connectivity index (χ2v) is 13.5. The number of benzene rings is 1. The van der Waals surface area contributed by atoms with Crippen molar-refractivity contribution in [3.8, 4) is 0 Å². The average molecular weight is 512 g/mol. The highest BCUT2D eigenvalue weighted by atomic mass is 19.1. The summed E-state index contributed by atoms with van der Waals surface area (Å²) in [5, 5.41) is 21.7. The fourth-order valence-electron chi connectivity index (χ4n) is 9.96. The van der Waals surface area contributed by atoms with E-state index < -0.39 is 11.4 Å². The van der Waals surface area contributed by atoms with Crippen LogP contribution in [0.2, 0.25) is 0 Å². The molecule has 1 aromatic carbocycles. The smallest absolute Gasteiger partial charge is 0.349 e. The van der Waals surface area contributed by atoms with Gasteiger partial charge in [0.25, 0.3) is 0 Å². The van der Waals surface area contributed by atoms with Crippen LogP contribution in [-0.2, 0) is 6.42 Å². The molecule has 2 N–H and O–H groups in total. The van der Waals surface area contributed by atoms with Crippen molar-refractivity contribution >= 4 is 10.9 Å². The lowest BCUT2D eigenvalue weighted by molar-refractivity contribution is -0.174. The Kier molecular flexibility index (Phi) is 6.30. The molecule has 0 amide bonds. The number of rotatable bonds is 4. The minimum atomic E-state index is -0.648. The Morgan fingerprint density at radius 1 is 1.08 bits per heavy atom. The molecule has 1 unspecified atom stereocenters. The Hall–Kier alpha value is -1.79. The van der Waals surface area contributed by atoms with Gasteiger partial charge in [0.2, 0.25) is 0 Å². The van der Waals surface area contributed by atoms with Crippen LogP contribution < -0.4 is 5.63 Å². The molecule has 0 spiro atoms. The largest absolute Gasteiger partial charge is 0.408 e. The van der Waals surface area contributed by atoms with Gasteiger partial charge in [0.05, 0.1) is 17.7 Å². The molecule has 4 saturated carbocycles. The summed E-state index contributed by atoms with van der Waals surface area (Å²) in [5.41, 5.74) is 0.163. The van der Waals surface area contributed by atoms with Crippen LogP contribution in [0.4, 0.5) is 4.39 Å². The Bertz CT molecular complexity index is 1230. The van der Waals surface area contributed by atoms with Crippen LogP contribution in [0.15, 0.2) is 27.4 Å². The maximum absolute atomic E-state index is 14.0. The van der Waals surface area contributed by atoms with E-state index in [1.807, 2.05) is 0 Å². The Morgan fingerprint density at radius 2 is 1.84 bits per heavy atom.